The molecule has 194 valence electrons. The van der Waals surface area contributed by atoms with Crippen molar-refractivity contribution in [3.63, 3.8) is 0 Å². The van der Waals surface area contributed by atoms with E-state index in [9.17, 15) is 0 Å². The molecule has 0 aromatic heterocycles. The zero-order valence-corrected chi connectivity index (χ0v) is 23.9. The van der Waals surface area contributed by atoms with Crippen LogP contribution in [0.5, 0.6) is 0 Å². The minimum absolute atomic E-state index is 0.502. The molecule has 0 bridgehead atoms. The molecule has 2 unspecified atom stereocenters. The van der Waals surface area contributed by atoms with Crippen LogP contribution in [0.2, 0.25) is 0 Å². The van der Waals surface area contributed by atoms with Gasteiger partial charge < -0.3 is 0 Å². The molecule has 6 rings (SSSR count). The van der Waals surface area contributed by atoms with Crippen molar-refractivity contribution in [2.75, 3.05) is 0 Å². The number of hydrogen-bond acceptors (Lipinski definition) is 0. The minimum Gasteiger partial charge on any atom is -0.0735 e. The molecule has 0 spiro atoms. The number of fused-ring (bicyclic) bond motifs is 8. The summed E-state index contributed by atoms with van der Waals surface area (Å²) in [4.78, 5) is 0. The highest BCUT2D eigenvalue weighted by Gasteiger charge is 2.16. The van der Waals surface area contributed by atoms with Crippen molar-refractivity contribution in [3.8, 4) is 11.1 Å². The van der Waals surface area contributed by atoms with Crippen LogP contribution in [0.3, 0.4) is 0 Å². The summed E-state index contributed by atoms with van der Waals surface area (Å²) in [6, 6.07) is 38.5. The molecule has 0 aliphatic carbocycles. The summed E-state index contributed by atoms with van der Waals surface area (Å²) in [5, 5.41) is 10.6. The molecule has 0 heterocycles. The molecule has 39 heavy (non-hydrogen) atoms. The van der Waals surface area contributed by atoms with Crippen LogP contribution in [0.1, 0.15) is 58.9 Å². The van der Waals surface area contributed by atoms with Crippen molar-refractivity contribution >= 4 is 43.1 Å². The third kappa shape index (κ3) is 4.43. The predicted molar refractivity (Wildman–Crippen MR) is 173 cm³/mol. The van der Waals surface area contributed by atoms with E-state index in [0.29, 0.717) is 11.8 Å². The van der Waals surface area contributed by atoms with Gasteiger partial charge in [-0.2, -0.15) is 0 Å². The van der Waals surface area contributed by atoms with Crippen LogP contribution in [-0.4, -0.2) is 0 Å². The Morgan fingerprint density at radius 2 is 1.08 bits per heavy atom. The van der Waals surface area contributed by atoms with E-state index in [2.05, 4.69) is 138 Å². The van der Waals surface area contributed by atoms with Crippen LogP contribution < -0.4 is 0 Å². The van der Waals surface area contributed by atoms with Crippen molar-refractivity contribution < 1.29 is 0 Å². The van der Waals surface area contributed by atoms with Gasteiger partial charge in [-0.05, 0) is 104 Å². The van der Waals surface area contributed by atoms with Crippen molar-refractivity contribution in [1.82, 2.24) is 0 Å². The fourth-order valence-electron chi connectivity index (χ4n) is 6.46. The smallest absolute Gasteiger partial charge is 0.00199 e. The third-order valence-corrected chi connectivity index (χ3v) is 9.18. The summed E-state index contributed by atoms with van der Waals surface area (Å²) in [6.07, 6.45) is 2.32. The van der Waals surface area contributed by atoms with E-state index in [0.717, 1.165) is 6.42 Å². The van der Waals surface area contributed by atoms with Crippen LogP contribution in [0.25, 0.3) is 54.2 Å². The van der Waals surface area contributed by atoms with E-state index < -0.39 is 0 Å². The van der Waals surface area contributed by atoms with Crippen molar-refractivity contribution in [1.29, 1.82) is 0 Å². The Labute approximate surface area is 233 Å². The fraction of sp³-hybridized carbons (Fsp3) is 0.231. The van der Waals surface area contributed by atoms with Gasteiger partial charge in [0.25, 0.3) is 0 Å². The molecule has 0 fully saturated rings. The van der Waals surface area contributed by atoms with Gasteiger partial charge in [0.2, 0.25) is 0 Å². The molecule has 0 saturated heterocycles. The van der Waals surface area contributed by atoms with E-state index in [1.807, 2.05) is 0 Å². The number of allylic oxidation sites excluding steroid dienone is 2. The second-order valence-corrected chi connectivity index (χ2v) is 11.5. The fourth-order valence-corrected chi connectivity index (χ4v) is 6.46. The van der Waals surface area contributed by atoms with Gasteiger partial charge in [-0.1, -0.05) is 129 Å². The second-order valence-electron chi connectivity index (χ2n) is 11.5. The van der Waals surface area contributed by atoms with Crippen LogP contribution in [0, 0.1) is 5.92 Å². The molecule has 0 nitrogen and oxygen atoms in total. The lowest BCUT2D eigenvalue weighted by atomic mass is 9.86. The maximum absolute atomic E-state index is 2.44. The Morgan fingerprint density at radius 3 is 1.67 bits per heavy atom. The first-order chi connectivity index (χ1) is 19.0. The monoisotopic (exact) mass is 506 g/mol. The van der Waals surface area contributed by atoms with E-state index in [1.54, 1.807) is 11.1 Å². The third-order valence-electron chi connectivity index (χ3n) is 9.18. The van der Waals surface area contributed by atoms with E-state index in [1.165, 1.54) is 66.2 Å². The van der Waals surface area contributed by atoms with E-state index in [4.69, 9.17) is 0 Å². The average Bonchev–Trinajstić information content (AvgIpc) is 2.99. The lowest BCUT2D eigenvalue weighted by Gasteiger charge is -2.19. The summed E-state index contributed by atoms with van der Waals surface area (Å²) in [7, 11) is 0. The highest BCUT2D eigenvalue weighted by atomic mass is 14.2. The first-order valence-corrected chi connectivity index (χ1v) is 14.5. The SMILES string of the molecule is CCC(C)/C(C)=C(\C)CC(C)c1ccc(-c2cc3c4ccccc4c4ccccc4c3c3ccccc23)cc1. The Bertz CT molecular complexity index is 1850. The first kappa shape index (κ1) is 25.4. The minimum atomic E-state index is 0.502. The summed E-state index contributed by atoms with van der Waals surface area (Å²) in [5.74, 6) is 1.16. The molecular weight excluding hydrogens is 468 g/mol. The highest BCUT2D eigenvalue weighted by molar-refractivity contribution is 6.32. The van der Waals surface area contributed by atoms with E-state index in [-0.39, 0.29) is 0 Å². The molecule has 6 aromatic carbocycles. The van der Waals surface area contributed by atoms with Gasteiger partial charge in [0.1, 0.15) is 0 Å². The lowest BCUT2D eigenvalue weighted by molar-refractivity contribution is 0.632. The molecule has 0 amide bonds. The molecule has 6 aromatic rings. The van der Waals surface area contributed by atoms with Crippen molar-refractivity contribution in [3.05, 3.63) is 120 Å². The largest absolute Gasteiger partial charge is 0.0735 e. The quantitative estimate of drug-likeness (QED) is 0.156. The summed E-state index contributed by atoms with van der Waals surface area (Å²) in [6.45, 7) is 11.6. The van der Waals surface area contributed by atoms with Gasteiger partial charge in [-0.25, -0.2) is 0 Å². The van der Waals surface area contributed by atoms with Gasteiger partial charge in [0.15, 0.2) is 0 Å². The Morgan fingerprint density at radius 1 is 0.590 bits per heavy atom. The van der Waals surface area contributed by atoms with Gasteiger partial charge in [0, 0.05) is 0 Å². The van der Waals surface area contributed by atoms with Crippen molar-refractivity contribution in [2.24, 2.45) is 5.92 Å². The maximum Gasteiger partial charge on any atom is -0.00199 e. The lowest BCUT2D eigenvalue weighted by Crippen LogP contribution is -2.01. The number of benzene rings is 6. The van der Waals surface area contributed by atoms with E-state index >= 15 is 0 Å². The van der Waals surface area contributed by atoms with Crippen LogP contribution >= 0.6 is 0 Å². The Hall–Kier alpha value is -3.90. The molecule has 0 aliphatic heterocycles. The summed E-state index contributed by atoms with van der Waals surface area (Å²) >= 11 is 0. The molecular formula is C39H38. The van der Waals surface area contributed by atoms with Crippen LogP contribution in [0.4, 0.5) is 0 Å². The predicted octanol–water partition coefficient (Wildman–Crippen LogP) is 11.8. The Balaban J connectivity index is 1.50. The molecule has 0 radical (unpaired) electrons. The zero-order chi connectivity index (χ0) is 27.1. The van der Waals surface area contributed by atoms with Gasteiger partial charge in [-0.15, -0.1) is 0 Å². The van der Waals surface area contributed by atoms with Gasteiger partial charge in [0.05, 0.1) is 0 Å². The molecule has 0 aliphatic rings. The molecule has 0 saturated carbocycles. The first-order valence-electron chi connectivity index (χ1n) is 14.5. The molecule has 2 atom stereocenters. The maximum atomic E-state index is 2.44. The average molecular weight is 507 g/mol. The molecule has 0 heteroatoms. The zero-order valence-electron chi connectivity index (χ0n) is 23.9. The van der Waals surface area contributed by atoms with Gasteiger partial charge in [-0.3, -0.25) is 0 Å². The molecule has 0 N–H and O–H groups in total. The Kier molecular flexibility index (Phi) is 6.73. The number of hydrogen-bond donors (Lipinski definition) is 0. The normalized spacial score (nSPS) is 14.2. The van der Waals surface area contributed by atoms with Gasteiger partial charge >= 0.3 is 0 Å². The topological polar surface area (TPSA) is 0 Å². The van der Waals surface area contributed by atoms with Crippen molar-refractivity contribution in [2.45, 2.75) is 53.4 Å². The summed E-state index contributed by atoms with van der Waals surface area (Å²) in [5.41, 5.74) is 7.10. The standard InChI is InChI=1S/C39H38/c1-6-25(2)28(5)26(3)23-27(4)29-19-21-30(22-20-29)37-24-38-33-15-8-7-13-31(33)32-14-9-11-17-35(32)39(38)36-18-12-10-16-34(36)37/h7-22,24-25,27H,6,23H2,1-5H3/b28-26+. The van der Waals surface area contributed by atoms with Crippen LogP contribution in [0.15, 0.2) is 114 Å². The van der Waals surface area contributed by atoms with Crippen LogP contribution in [-0.2, 0) is 0 Å². The number of rotatable bonds is 6. The highest BCUT2D eigenvalue weighted by Crippen LogP contribution is 2.42. The summed E-state index contributed by atoms with van der Waals surface area (Å²) < 4.78 is 0. The second kappa shape index (κ2) is 10.3.